The predicted octanol–water partition coefficient (Wildman–Crippen LogP) is 5.40. The maximum Gasteiger partial charge on any atom is 0.139 e. The Hall–Kier alpha value is -0.590. The highest BCUT2D eigenvalue weighted by Crippen LogP contribution is 2.65. The third-order valence-corrected chi connectivity index (χ3v) is 8.75. The smallest absolute Gasteiger partial charge is 0.139 e. The number of hydrogen-bond donors (Lipinski definition) is 0. The largest absolute Gasteiger partial charge is 0.299 e. The Morgan fingerprint density at radius 3 is 2.64 bits per heavy atom. The summed E-state index contributed by atoms with van der Waals surface area (Å²) in [4.78, 5) is 12.4. The van der Waals surface area contributed by atoms with Crippen LogP contribution in [0, 0.1) is 40.4 Å². The minimum absolute atomic E-state index is 0.0443. The van der Waals surface area contributed by atoms with Crippen molar-refractivity contribution < 1.29 is 4.79 Å². The second-order valence-corrected chi connectivity index (χ2v) is 9.35. The molecular weight excluding hydrogens is 268 g/mol. The third kappa shape index (κ3) is 1.86. The van der Waals surface area contributed by atoms with Gasteiger partial charge >= 0.3 is 0 Å². The Balaban J connectivity index is 1.61. The van der Waals surface area contributed by atoms with Gasteiger partial charge < -0.3 is 0 Å². The molecule has 0 saturated heterocycles. The number of ketones is 1. The van der Waals surface area contributed by atoms with E-state index < -0.39 is 0 Å². The summed E-state index contributed by atoms with van der Waals surface area (Å²) in [5.74, 6) is 4.68. The van der Waals surface area contributed by atoms with Crippen LogP contribution >= 0.6 is 0 Å². The van der Waals surface area contributed by atoms with E-state index in [-0.39, 0.29) is 5.41 Å². The molecule has 4 saturated carbocycles. The molecule has 122 valence electrons. The number of fused-ring (bicyclic) bond motifs is 5. The number of carbonyl (C=O) groups is 1. The van der Waals surface area contributed by atoms with Crippen molar-refractivity contribution in [1.29, 1.82) is 0 Å². The summed E-state index contributed by atoms with van der Waals surface area (Å²) in [5.41, 5.74) is 0.595. The topological polar surface area (TPSA) is 17.1 Å². The zero-order chi connectivity index (χ0) is 15.5. The molecule has 0 aromatic carbocycles. The van der Waals surface area contributed by atoms with Gasteiger partial charge in [-0.3, -0.25) is 4.79 Å². The molecule has 0 bridgehead atoms. The lowest BCUT2D eigenvalue weighted by atomic mass is 9.44. The molecule has 0 heterocycles. The highest BCUT2D eigenvalue weighted by atomic mass is 16.1. The minimum atomic E-state index is 0.0443. The molecule has 0 N–H and O–H groups in total. The lowest BCUT2D eigenvalue weighted by molar-refractivity contribution is -0.139. The predicted molar refractivity (Wildman–Crippen MR) is 90.4 cm³/mol. The van der Waals surface area contributed by atoms with Gasteiger partial charge in [0.1, 0.15) is 5.78 Å². The molecule has 7 atom stereocenters. The monoisotopic (exact) mass is 300 g/mol. The zero-order valence-electron chi connectivity index (χ0n) is 14.4. The first-order valence-electron chi connectivity index (χ1n) is 9.65. The van der Waals surface area contributed by atoms with Crippen LogP contribution in [0.1, 0.15) is 71.6 Å². The lowest BCUT2D eigenvalue weighted by Crippen LogP contribution is -2.53. The van der Waals surface area contributed by atoms with Crippen LogP contribution in [0.4, 0.5) is 0 Å². The molecule has 1 nitrogen and oxygen atoms in total. The fourth-order valence-electron chi connectivity index (χ4n) is 7.28. The van der Waals surface area contributed by atoms with E-state index in [0.29, 0.717) is 17.1 Å². The van der Waals surface area contributed by atoms with E-state index in [9.17, 15) is 4.79 Å². The molecule has 0 aromatic rings. The molecule has 4 aliphatic rings. The first-order chi connectivity index (χ1) is 10.5. The first kappa shape index (κ1) is 15.0. The van der Waals surface area contributed by atoms with E-state index in [0.717, 1.165) is 30.1 Å². The Bertz CT molecular complexity index is 494. The highest BCUT2D eigenvalue weighted by molar-refractivity contribution is 5.87. The summed E-state index contributed by atoms with van der Waals surface area (Å²) in [7, 11) is 0. The summed E-state index contributed by atoms with van der Waals surface area (Å²) in [6.07, 6.45) is 13.7. The molecule has 0 spiro atoms. The highest BCUT2D eigenvalue weighted by Gasteiger charge is 2.59. The summed E-state index contributed by atoms with van der Waals surface area (Å²) in [5, 5.41) is 0. The molecule has 0 aromatic heterocycles. The standard InChI is InChI=1S/C21H32O/c1-4-14-9-11-20(2)15(13-14)5-6-16-17-7-8-19(22)21(17,3)12-10-18(16)20/h4,14-18H,1,5-13H2,2-3H3/t14?,15-,16-,17-,18-,20-,21-/m0/s1. The molecule has 4 aliphatic carbocycles. The van der Waals surface area contributed by atoms with Crippen molar-refractivity contribution in [3.63, 3.8) is 0 Å². The van der Waals surface area contributed by atoms with Crippen molar-refractivity contribution >= 4 is 5.78 Å². The van der Waals surface area contributed by atoms with Crippen LogP contribution in [0.5, 0.6) is 0 Å². The van der Waals surface area contributed by atoms with Gasteiger partial charge in [-0.15, -0.1) is 6.58 Å². The zero-order valence-corrected chi connectivity index (χ0v) is 14.4. The van der Waals surface area contributed by atoms with Crippen LogP contribution in [0.3, 0.4) is 0 Å². The van der Waals surface area contributed by atoms with Gasteiger partial charge in [0.05, 0.1) is 0 Å². The van der Waals surface area contributed by atoms with Crippen LogP contribution in [-0.2, 0) is 4.79 Å². The van der Waals surface area contributed by atoms with Crippen molar-refractivity contribution in [1.82, 2.24) is 0 Å². The average molecular weight is 300 g/mol. The van der Waals surface area contributed by atoms with Crippen LogP contribution in [0.2, 0.25) is 0 Å². The summed E-state index contributed by atoms with van der Waals surface area (Å²) in [6.45, 7) is 8.95. The first-order valence-corrected chi connectivity index (χ1v) is 9.65. The molecule has 1 unspecified atom stereocenters. The molecule has 22 heavy (non-hydrogen) atoms. The van der Waals surface area contributed by atoms with E-state index in [2.05, 4.69) is 26.5 Å². The maximum absolute atomic E-state index is 12.4. The summed E-state index contributed by atoms with van der Waals surface area (Å²) >= 11 is 0. The second-order valence-electron chi connectivity index (χ2n) is 9.35. The van der Waals surface area contributed by atoms with Gasteiger partial charge in [-0.1, -0.05) is 19.9 Å². The van der Waals surface area contributed by atoms with Crippen molar-refractivity contribution in [3.05, 3.63) is 12.7 Å². The van der Waals surface area contributed by atoms with Gasteiger partial charge in [0, 0.05) is 11.8 Å². The molecular formula is C21H32O. The van der Waals surface area contributed by atoms with Gasteiger partial charge in [-0.2, -0.15) is 0 Å². The minimum Gasteiger partial charge on any atom is -0.299 e. The van der Waals surface area contributed by atoms with Gasteiger partial charge in [0.25, 0.3) is 0 Å². The van der Waals surface area contributed by atoms with Gasteiger partial charge in [0.2, 0.25) is 0 Å². The Labute approximate surface area is 135 Å². The van der Waals surface area contributed by atoms with E-state index in [1.165, 1.54) is 51.4 Å². The molecule has 0 aliphatic heterocycles. The van der Waals surface area contributed by atoms with Gasteiger partial charge in [0.15, 0.2) is 0 Å². The summed E-state index contributed by atoms with van der Waals surface area (Å²) < 4.78 is 0. The number of rotatable bonds is 1. The molecule has 4 rings (SSSR count). The maximum atomic E-state index is 12.4. The van der Waals surface area contributed by atoms with Crippen LogP contribution in [0.15, 0.2) is 12.7 Å². The van der Waals surface area contributed by atoms with E-state index in [1.54, 1.807) is 0 Å². The molecule has 0 radical (unpaired) electrons. The number of allylic oxidation sites excluding steroid dienone is 1. The van der Waals surface area contributed by atoms with Gasteiger partial charge in [-0.25, -0.2) is 0 Å². The second kappa shape index (κ2) is 4.95. The molecule has 4 fully saturated rings. The molecule has 0 amide bonds. The molecule has 1 heteroatoms. The fourth-order valence-corrected chi connectivity index (χ4v) is 7.28. The number of hydrogen-bond acceptors (Lipinski definition) is 1. The van der Waals surface area contributed by atoms with E-state index in [1.807, 2.05) is 0 Å². The van der Waals surface area contributed by atoms with Crippen molar-refractivity contribution in [2.24, 2.45) is 40.4 Å². The Morgan fingerprint density at radius 2 is 1.86 bits per heavy atom. The van der Waals surface area contributed by atoms with Gasteiger partial charge in [-0.05, 0) is 86.4 Å². The SMILES string of the molecule is C=CC1CC[C@@]2(C)[C@@H](CC[C@@H]3[C@@H]2CC[C@]2(C)C(=O)CC[C@@H]32)C1. The lowest BCUT2D eigenvalue weighted by Gasteiger charge is -2.60. The van der Waals surface area contributed by atoms with E-state index in [4.69, 9.17) is 0 Å². The van der Waals surface area contributed by atoms with Crippen LogP contribution in [-0.4, -0.2) is 5.78 Å². The number of carbonyl (C=O) groups excluding carboxylic acids is 1. The quantitative estimate of drug-likeness (QED) is 0.592. The number of Topliss-reactive ketones (excluding diaryl/α,β-unsaturated/α-hetero) is 1. The van der Waals surface area contributed by atoms with E-state index >= 15 is 0 Å². The van der Waals surface area contributed by atoms with Crippen LogP contribution in [0.25, 0.3) is 0 Å². The Morgan fingerprint density at radius 1 is 1.05 bits per heavy atom. The Kier molecular flexibility index (Phi) is 3.37. The van der Waals surface area contributed by atoms with Crippen molar-refractivity contribution in [2.75, 3.05) is 0 Å². The van der Waals surface area contributed by atoms with Crippen LogP contribution < -0.4 is 0 Å². The summed E-state index contributed by atoms with van der Waals surface area (Å²) in [6, 6.07) is 0. The fraction of sp³-hybridized carbons (Fsp3) is 0.857. The van der Waals surface area contributed by atoms with Crippen molar-refractivity contribution in [3.8, 4) is 0 Å². The normalized spacial score (nSPS) is 54.3. The van der Waals surface area contributed by atoms with Crippen molar-refractivity contribution in [2.45, 2.75) is 71.6 Å². The third-order valence-electron chi connectivity index (χ3n) is 8.75. The average Bonchev–Trinajstić information content (AvgIpc) is 2.82.